The summed E-state index contributed by atoms with van der Waals surface area (Å²) in [6.45, 7) is 1.53. The minimum Gasteiger partial charge on any atom is -0.367 e. The number of nitrogens with zero attached hydrogens (tertiary/aromatic N) is 2. The Labute approximate surface area is 178 Å². The molecule has 0 spiro atoms. The standard InChI is InChI=1S/C19H20Cl2N4O2S/c20-13-11-14(21)19(24-12-13)23-8-7-22-17(26)5-6-18(27)25-9-10-28-16-4-2-1-3-15(16)25/h1-4,11-12H,5-10H2,(H,22,26)(H,23,24). The molecule has 2 N–H and O–H groups in total. The molecule has 1 aromatic carbocycles. The number of nitrogens with one attached hydrogen (secondary N) is 2. The number of rotatable bonds is 7. The summed E-state index contributed by atoms with van der Waals surface area (Å²) >= 11 is 13.6. The first-order chi connectivity index (χ1) is 13.5. The Morgan fingerprint density at radius 1 is 1.18 bits per heavy atom. The van der Waals surface area contributed by atoms with Crippen molar-refractivity contribution in [2.24, 2.45) is 0 Å². The van der Waals surface area contributed by atoms with Crippen LogP contribution in [0.15, 0.2) is 41.4 Å². The van der Waals surface area contributed by atoms with Crippen LogP contribution >= 0.6 is 35.0 Å². The zero-order valence-corrected chi connectivity index (χ0v) is 17.4. The first kappa shape index (κ1) is 20.8. The van der Waals surface area contributed by atoms with Crippen LogP contribution in [-0.4, -0.2) is 42.2 Å². The van der Waals surface area contributed by atoms with Crippen molar-refractivity contribution in [1.29, 1.82) is 0 Å². The van der Waals surface area contributed by atoms with Crippen molar-refractivity contribution in [2.75, 3.05) is 35.6 Å². The molecule has 0 saturated heterocycles. The summed E-state index contributed by atoms with van der Waals surface area (Å²) in [7, 11) is 0. The molecular formula is C19H20Cl2N4O2S. The van der Waals surface area contributed by atoms with Gasteiger partial charge < -0.3 is 15.5 Å². The number of carbonyl (C=O) groups excluding carboxylic acids is 2. The lowest BCUT2D eigenvalue weighted by Crippen LogP contribution is -2.36. The molecule has 3 rings (SSSR count). The first-order valence-corrected chi connectivity index (χ1v) is 10.6. The SMILES string of the molecule is O=C(CCC(=O)N1CCSc2ccccc21)NCCNc1ncc(Cl)cc1Cl. The van der Waals surface area contributed by atoms with Crippen molar-refractivity contribution in [3.63, 3.8) is 0 Å². The zero-order chi connectivity index (χ0) is 19.9. The summed E-state index contributed by atoms with van der Waals surface area (Å²) in [5.74, 6) is 1.18. The molecule has 148 valence electrons. The Bertz CT molecular complexity index is 866. The van der Waals surface area contributed by atoms with Crippen molar-refractivity contribution in [3.05, 3.63) is 46.6 Å². The highest BCUT2D eigenvalue weighted by molar-refractivity contribution is 7.99. The summed E-state index contributed by atoms with van der Waals surface area (Å²) in [5.41, 5.74) is 0.931. The van der Waals surface area contributed by atoms with Gasteiger partial charge in [0.15, 0.2) is 0 Å². The molecule has 0 atom stereocenters. The quantitative estimate of drug-likeness (QED) is 0.642. The second-order valence-corrected chi connectivity index (χ2v) is 8.10. The molecule has 1 aliphatic rings. The fraction of sp³-hybridized carbons (Fsp3) is 0.316. The minimum atomic E-state index is -0.162. The van der Waals surface area contributed by atoms with E-state index in [1.165, 1.54) is 6.20 Å². The normalized spacial score (nSPS) is 13.0. The number of anilines is 2. The van der Waals surface area contributed by atoms with Crippen LogP contribution in [0.5, 0.6) is 0 Å². The van der Waals surface area contributed by atoms with Crippen LogP contribution in [0.2, 0.25) is 10.0 Å². The maximum Gasteiger partial charge on any atom is 0.227 e. The number of aromatic nitrogens is 1. The van der Waals surface area contributed by atoms with Crippen molar-refractivity contribution >= 4 is 58.3 Å². The summed E-state index contributed by atoms with van der Waals surface area (Å²) < 4.78 is 0. The van der Waals surface area contributed by atoms with Gasteiger partial charge in [0.2, 0.25) is 11.8 Å². The number of pyridine rings is 1. The summed E-state index contributed by atoms with van der Waals surface area (Å²) in [6.07, 6.45) is 1.84. The number of thioether (sulfide) groups is 1. The molecule has 2 heterocycles. The van der Waals surface area contributed by atoms with Gasteiger partial charge in [-0.05, 0) is 18.2 Å². The van der Waals surface area contributed by atoms with Gasteiger partial charge in [-0.3, -0.25) is 9.59 Å². The third kappa shape index (κ3) is 5.53. The molecule has 1 aromatic heterocycles. The number of carbonyl (C=O) groups is 2. The van der Waals surface area contributed by atoms with Gasteiger partial charge in [-0.15, -0.1) is 11.8 Å². The maximum absolute atomic E-state index is 12.5. The molecule has 28 heavy (non-hydrogen) atoms. The predicted octanol–water partition coefficient (Wildman–Crippen LogP) is 3.84. The summed E-state index contributed by atoms with van der Waals surface area (Å²) in [6, 6.07) is 9.45. The number of para-hydroxylation sites is 1. The molecule has 0 aliphatic carbocycles. The highest BCUT2D eigenvalue weighted by Gasteiger charge is 2.22. The van der Waals surface area contributed by atoms with Crippen LogP contribution in [0.25, 0.3) is 0 Å². The number of benzene rings is 1. The van der Waals surface area contributed by atoms with Gasteiger partial charge in [0, 0.05) is 49.3 Å². The van der Waals surface area contributed by atoms with E-state index in [1.54, 1.807) is 22.7 Å². The van der Waals surface area contributed by atoms with E-state index in [-0.39, 0.29) is 24.7 Å². The largest absolute Gasteiger partial charge is 0.367 e. The molecule has 2 aromatic rings. The molecule has 0 fully saturated rings. The Hall–Kier alpha value is -1.96. The molecule has 0 bridgehead atoms. The van der Waals surface area contributed by atoms with Crippen LogP contribution in [0, 0.1) is 0 Å². The summed E-state index contributed by atoms with van der Waals surface area (Å²) in [5, 5.41) is 6.70. The second kappa shape index (κ2) is 10.0. The van der Waals surface area contributed by atoms with Gasteiger partial charge in [0.1, 0.15) is 5.82 Å². The number of hydrogen-bond donors (Lipinski definition) is 2. The van der Waals surface area contributed by atoms with Crippen LogP contribution in [0.3, 0.4) is 0 Å². The highest BCUT2D eigenvalue weighted by Crippen LogP contribution is 2.34. The Morgan fingerprint density at radius 3 is 2.82 bits per heavy atom. The van der Waals surface area contributed by atoms with E-state index in [4.69, 9.17) is 23.2 Å². The topological polar surface area (TPSA) is 74.3 Å². The molecular weight excluding hydrogens is 419 g/mol. The van der Waals surface area contributed by atoms with Crippen LogP contribution < -0.4 is 15.5 Å². The third-order valence-electron chi connectivity index (χ3n) is 4.14. The molecule has 2 amide bonds. The van der Waals surface area contributed by atoms with E-state index in [0.29, 0.717) is 35.5 Å². The number of halogens is 2. The van der Waals surface area contributed by atoms with E-state index in [1.807, 2.05) is 24.3 Å². The number of amides is 2. The summed E-state index contributed by atoms with van der Waals surface area (Å²) in [4.78, 5) is 31.5. The van der Waals surface area contributed by atoms with Crippen LogP contribution in [-0.2, 0) is 9.59 Å². The van der Waals surface area contributed by atoms with Crippen molar-refractivity contribution in [3.8, 4) is 0 Å². The van der Waals surface area contributed by atoms with Gasteiger partial charge in [0.25, 0.3) is 0 Å². The van der Waals surface area contributed by atoms with Gasteiger partial charge >= 0.3 is 0 Å². The predicted molar refractivity (Wildman–Crippen MR) is 115 cm³/mol. The van der Waals surface area contributed by atoms with Gasteiger partial charge in [-0.2, -0.15) is 0 Å². The van der Waals surface area contributed by atoms with E-state index >= 15 is 0 Å². The average Bonchev–Trinajstić information content (AvgIpc) is 2.70. The maximum atomic E-state index is 12.5. The van der Waals surface area contributed by atoms with Gasteiger partial charge in [-0.25, -0.2) is 4.98 Å². The highest BCUT2D eigenvalue weighted by atomic mass is 35.5. The first-order valence-electron chi connectivity index (χ1n) is 8.88. The lowest BCUT2D eigenvalue weighted by molar-refractivity contribution is -0.125. The third-order valence-corrected chi connectivity index (χ3v) is 5.68. The van der Waals surface area contributed by atoms with E-state index in [2.05, 4.69) is 15.6 Å². The van der Waals surface area contributed by atoms with E-state index in [9.17, 15) is 9.59 Å². The van der Waals surface area contributed by atoms with E-state index in [0.717, 1.165) is 16.3 Å². The van der Waals surface area contributed by atoms with Crippen molar-refractivity contribution in [1.82, 2.24) is 10.3 Å². The average molecular weight is 439 g/mol. The number of hydrogen-bond acceptors (Lipinski definition) is 5. The Balaban J connectivity index is 1.39. The molecule has 6 nitrogen and oxygen atoms in total. The fourth-order valence-corrected chi connectivity index (χ4v) is 4.24. The zero-order valence-electron chi connectivity index (χ0n) is 15.1. The van der Waals surface area contributed by atoms with Crippen LogP contribution in [0.4, 0.5) is 11.5 Å². The lowest BCUT2D eigenvalue weighted by Gasteiger charge is -2.29. The van der Waals surface area contributed by atoms with Gasteiger partial charge in [0.05, 0.1) is 15.7 Å². The molecule has 1 aliphatic heterocycles. The van der Waals surface area contributed by atoms with E-state index < -0.39 is 0 Å². The smallest absolute Gasteiger partial charge is 0.227 e. The lowest BCUT2D eigenvalue weighted by atomic mass is 10.2. The van der Waals surface area contributed by atoms with Gasteiger partial charge in [-0.1, -0.05) is 35.3 Å². The minimum absolute atomic E-state index is 0.0295. The second-order valence-electron chi connectivity index (χ2n) is 6.12. The fourth-order valence-electron chi connectivity index (χ4n) is 2.80. The molecule has 9 heteroatoms. The Kier molecular flexibility index (Phi) is 7.42. The van der Waals surface area contributed by atoms with Crippen molar-refractivity contribution in [2.45, 2.75) is 17.7 Å². The van der Waals surface area contributed by atoms with Crippen molar-refractivity contribution < 1.29 is 9.59 Å². The molecule has 0 saturated carbocycles. The monoisotopic (exact) mass is 438 g/mol. The molecule has 0 unspecified atom stereocenters. The Morgan fingerprint density at radius 2 is 2.00 bits per heavy atom. The van der Waals surface area contributed by atoms with Crippen LogP contribution in [0.1, 0.15) is 12.8 Å². The molecule has 0 radical (unpaired) electrons. The number of fused-ring (bicyclic) bond motifs is 1.